The number of benzene rings is 1. The minimum Gasteiger partial charge on any atom is -0.444 e. The van der Waals surface area contributed by atoms with Crippen molar-refractivity contribution in [3.63, 3.8) is 0 Å². The van der Waals surface area contributed by atoms with Gasteiger partial charge in [0.1, 0.15) is 11.3 Å². The van der Waals surface area contributed by atoms with E-state index < -0.39 is 17.4 Å². The summed E-state index contributed by atoms with van der Waals surface area (Å²) in [7, 11) is 0. The first kappa shape index (κ1) is 17.5. The number of likely N-dealkylation sites (tertiary alicyclic amines) is 1. The Morgan fingerprint density at radius 3 is 2.16 bits per heavy atom. The second-order valence-electron chi connectivity index (χ2n) is 7.80. The molecule has 1 unspecified atom stereocenters. The third-order valence-electron chi connectivity index (χ3n) is 4.75. The van der Waals surface area contributed by atoms with Crippen LogP contribution in [-0.4, -0.2) is 45.5 Å². The summed E-state index contributed by atoms with van der Waals surface area (Å²) in [5.74, 6) is -0.697. The SMILES string of the molecule is CC(C)(C)OC(=O)N1CCCCC1(C)N1C(=O)c2ccccc2C1=O. The van der Waals surface area contributed by atoms with E-state index in [1.807, 2.05) is 0 Å². The maximum absolute atomic E-state index is 12.9. The molecule has 134 valence electrons. The Morgan fingerprint density at radius 2 is 1.64 bits per heavy atom. The van der Waals surface area contributed by atoms with Crippen LogP contribution in [0.2, 0.25) is 0 Å². The van der Waals surface area contributed by atoms with Gasteiger partial charge >= 0.3 is 6.09 Å². The molecule has 3 amide bonds. The lowest BCUT2D eigenvalue weighted by molar-refractivity contribution is -0.0533. The summed E-state index contributed by atoms with van der Waals surface area (Å²) in [6.07, 6.45) is 1.70. The van der Waals surface area contributed by atoms with Crippen molar-refractivity contribution in [1.82, 2.24) is 9.80 Å². The molecule has 1 saturated heterocycles. The van der Waals surface area contributed by atoms with Gasteiger partial charge in [-0.2, -0.15) is 0 Å². The zero-order valence-electron chi connectivity index (χ0n) is 15.2. The average Bonchev–Trinajstić information content (AvgIpc) is 2.78. The molecule has 2 heterocycles. The molecule has 1 fully saturated rings. The summed E-state index contributed by atoms with van der Waals surface area (Å²) < 4.78 is 5.52. The van der Waals surface area contributed by atoms with E-state index in [2.05, 4.69) is 0 Å². The molecule has 1 aromatic rings. The highest BCUT2D eigenvalue weighted by Crippen LogP contribution is 2.38. The van der Waals surface area contributed by atoms with E-state index in [1.165, 1.54) is 9.80 Å². The molecule has 0 bridgehead atoms. The monoisotopic (exact) mass is 344 g/mol. The molecule has 0 N–H and O–H groups in total. The smallest absolute Gasteiger partial charge is 0.412 e. The molecule has 6 nitrogen and oxygen atoms in total. The number of carbonyl (C=O) groups excluding carboxylic acids is 3. The van der Waals surface area contributed by atoms with Gasteiger partial charge in [0.05, 0.1) is 11.1 Å². The molecule has 0 saturated carbocycles. The third-order valence-corrected chi connectivity index (χ3v) is 4.75. The summed E-state index contributed by atoms with van der Waals surface area (Å²) in [4.78, 5) is 41.3. The molecule has 0 spiro atoms. The number of ether oxygens (including phenoxy) is 1. The van der Waals surface area contributed by atoms with E-state index in [0.717, 1.165) is 12.8 Å². The van der Waals surface area contributed by atoms with Crippen LogP contribution >= 0.6 is 0 Å². The predicted molar refractivity (Wildman–Crippen MR) is 92.1 cm³/mol. The maximum atomic E-state index is 12.9. The van der Waals surface area contributed by atoms with E-state index in [1.54, 1.807) is 52.0 Å². The zero-order chi connectivity index (χ0) is 18.4. The third kappa shape index (κ3) is 2.90. The Morgan fingerprint density at radius 1 is 1.08 bits per heavy atom. The van der Waals surface area contributed by atoms with Gasteiger partial charge in [0.25, 0.3) is 11.8 Å². The summed E-state index contributed by atoms with van der Waals surface area (Å²) in [6, 6.07) is 6.78. The van der Waals surface area contributed by atoms with Crippen molar-refractivity contribution in [3.8, 4) is 0 Å². The summed E-state index contributed by atoms with van der Waals surface area (Å²) >= 11 is 0. The highest BCUT2D eigenvalue weighted by atomic mass is 16.6. The lowest BCUT2D eigenvalue weighted by Gasteiger charge is -2.48. The fraction of sp³-hybridized carbons (Fsp3) is 0.526. The molecule has 6 heteroatoms. The number of nitrogens with zero attached hydrogens (tertiary/aromatic N) is 2. The van der Waals surface area contributed by atoms with Crippen molar-refractivity contribution >= 4 is 17.9 Å². The predicted octanol–water partition coefficient (Wildman–Crippen LogP) is 3.42. The second-order valence-corrected chi connectivity index (χ2v) is 7.80. The highest BCUT2D eigenvalue weighted by molar-refractivity contribution is 6.21. The number of hydrogen-bond donors (Lipinski definition) is 0. The minimum absolute atomic E-state index is 0.349. The lowest BCUT2D eigenvalue weighted by atomic mass is 9.95. The fourth-order valence-corrected chi connectivity index (χ4v) is 3.57. The Balaban J connectivity index is 1.97. The lowest BCUT2D eigenvalue weighted by Crippen LogP contribution is -2.64. The van der Waals surface area contributed by atoms with E-state index in [-0.39, 0.29) is 11.8 Å². The Labute approximate surface area is 147 Å². The largest absolute Gasteiger partial charge is 0.444 e. The number of piperidine rings is 1. The van der Waals surface area contributed by atoms with Gasteiger partial charge in [0.2, 0.25) is 0 Å². The van der Waals surface area contributed by atoms with Gasteiger partial charge in [-0.05, 0) is 59.1 Å². The molecule has 0 aliphatic carbocycles. The van der Waals surface area contributed by atoms with Gasteiger partial charge in [-0.3, -0.25) is 19.4 Å². The van der Waals surface area contributed by atoms with Crippen LogP contribution in [0.15, 0.2) is 24.3 Å². The van der Waals surface area contributed by atoms with E-state index in [9.17, 15) is 14.4 Å². The average molecular weight is 344 g/mol. The highest BCUT2D eigenvalue weighted by Gasteiger charge is 2.52. The molecule has 2 aliphatic rings. The van der Waals surface area contributed by atoms with E-state index in [0.29, 0.717) is 24.1 Å². The molecule has 1 atom stereocenters. The van der Waals surface area contributed by atoms with Gasteiger partial charge in [-0.1, -0.05) is 12.1 Å². The van der Waals surface area contributed by atoms with Crippen LogP contribution in [0.3, 0.4) is 0 Å². The van der Waals surface area contributed by atoms with E-state index >= 15 is 0 Å². The summed E-state index contributed by atoms with van der Waals surface area (Å²) in [6.45, 7) is 7.63. The molecular formula is C19H24N2O4. The standard InChI is InChI=1S/C19H24N2O4/c1-18(2,3)25-17(24)20-12-8-7-11-19(20,4)21-15(22)13-9-5-6-10-14(13)16(21)23/h5-6,9-10H,7-8,11-12H2,1-4H3. The number of carbonyl (C=O) groups is 3. The van der Waals surface area contributed by atoms with Crippen LogP contribution < -0.4 is 0 Å². The molecule has 0 radical (unpaired) electrons. The Hall–Kier alpha value is -2.37. The topological polar surface area (TPSA) is 66.9 Å². The molecule has 1 aromatic carbocycles. The zero-order valence-corrected chi connectivity index (χ0v) is 15.2. The van der Waals surface area contributed by atoms with Gasteiger partial charge < -0.3 is 4.74 Å². The Kier molecular flexibility index (Phi) is 4.09. The van der Waals surface area contributed by atoms with Crippen LogP contribution in [0.25, 0.3) is 0 Å². The van der Waals surface area contributed by atoms with Crippen molar-refractivity contribution < 1.29 is 19.1 Å². The fourth-order valence-electron chi connectivity index (χ4n) is 3.57. The Bertz CT molecular complexity index is 702. The van der Waals surface area contributed by atoms with Crippen LogP contribution in [0, 0.1) is 0 Å². The van der Waals surface area contributed by atoms with Gasteiger partial charge in [-0.25, -0.2) is 4.79 Å². The van der Waals surface area contributed by atoms with Gasteiger partial charge in [-0.15, -0.1) is 0 Å². The van der Waals surface area contributed by atoms with Gasteiger partial charge in [0, 0.05) is 6.54 Å². The van der Waals surface area contributed by atoms with Crippen LogP contribution in [0.5, 0.6) is 0 Å². The molecule has 2 aliphatic heterocycles. The quantitative estimate of drug-likeness (QED) is 0.732. The van der Waals surface area contributed by atoms with Crippen LogP contribution in [-0.2, 0) is 4.74 Å². The molecule has 25 heavy (non-hydrogen) atoms. The second kappa shape index (κ2) is 5.86. The van der Waals surface area contributed by atoms with Crippen LogP contribution in [0.1, 0.15) is 67.7 Å². The van der Waals surface area contributed by atoms with Crippen molar-refractivity contribution in [2.24, 2.45) is 0 Å². The number of rotatable bonds is 1. The van der Waals surface area contributed by atoms with E-state index in [4.69, 9.17) is 4.74 Å². The molecular weight excluding hydrogens is 320 g/mol. The first-order chi connectivity index (χ1) is 11.6. The number of imide groups is 1. The normalized spacial score (nSPS) is 23.7. The summed E-state index contributed by atoms with van der Waals surface area (Å²) in [5.41, 5.74) is -0.877. The number of amides is 3. The first-order valence-electron chi connectivity index (χ1n) is 8.64. The molecule has 3 rings (SSSR count). The van der Waals surface area contributed by atoms with Crippen molar-refractivity contribution in [2.45, 2.75) is 58.2 Å². The van der Waals surface area contributed by atoms with Crippen LogP contribution in [0.4, 0.5) is 4.79 Å². The van der Waals surface area contributed by atoms with Crippen molar-refractivity contribution in [3.05, 3.63) is 35.4 Å². The summed E-state index contributed by atoms with van der Waals surface area (Å²) in [5, 5.41) is 0. The number of hydrogen-bond acceptors (Lipinski definition) is 4. The van der Waals surface area contributed by atoms with Crippen molar-refractivity contribution in [1.29, 1.82) is 0 Å². The van der Waals surface area contributed by atoms with Gasteiger partial charge in [0.15, 0.2) is 0 Å². The number of fused-ring (bicyclic) bond motifs is 1. The molecule has 0 aromatic heterocycles. The first-order valence-corrected chi connectivity index (χ1v) is 8.64. The van der Waals surface area contributed by atoms with Crippen molar-refractivity contribution in [2.75, 3.05) is 6.54 Å². The maximum Gasteiger partial charge on any atom is 0.412 e. The minimum atomic E-state index is -1.02.